The summed E-state index contributed by atoms with van der Waals surface area (Å²) in [5.74, 6) is -3.44. The number of para-hydroxylation sites is 1. The van der Waals surface area contributed by atoms with Crippen LogP contribution < -0.4 is 10.6 Å². The fourth-order valence-electron chi connectivity index (χ4n) is 3.59. The number of rotatable bonds is 7. The molecule has 0 saturated heterocycles. The van der Waals surface area contributed by atoms with Crippen LogP contribution in [0.5, 0.6) is 0 Å². The number of fused-ring (bicyclic) bond motifs is 1. The quantitative estimate of drug-likeness (QED) is 0.319. The second-order valence-electron chi connectivity index (χ2n) is 7.79. The third-order valence-electron chi connectivity index (χ3n) is 5.39. The predicted molar refractivity (Wildman–Crippen MR) is 128 cm³/mol. The maximum atomic E-state index is 12.7. The normalized spacial score (nSPS) is 12.4. The number of benzene rings is 3. The molecule has 0 radical (unpaired) electrons. The minimum absolute atomic E-state index is 0.231. The summed E-state index contributed by atoms with van der Waals surface area (Å²) in [5.41, 5.74) is 3.33. The van der Waals surface area contributed by atoms with Crippen molar-refractivity contribution in [2.45, 2.75) is 13.3 Å². The summed E-state index contributed by atoms with van der Waals surface area (Å²) in [6.07, 6.45) is 0.637. The third-order valence-corrected chi connectivity index (χ3v) is 5.39. The molecule has 1 aliphatic carbocycles. The molecule has 0 fully saturated rings. The molecule has 2 N–H and O–H groups in total. The number of nitrogens with one attached hydrogen (secondary N) is 2. The van der Waals surface area contributed by atoms with Gasteiger partial charge in [0.25, 0.3) is 5.91 Å². The van der Waals surface area contributed by atoms with E-state index < -0.39 is 35.5 Å². The monoisotopic (exact) mass is 452 g/mol. The fraction of sp³-hybridized carbons (Fsp3) is 0.0741. The van der Waals surface area contributed by atoms with Crippen molar-refractivity contribution < 1.29 is 24.0 Å². The van der Waals surface area contributed by atoms with Crippen LogP contribution in [0.15, 0.2) is 78.9 Å². The lowest BCUT2D eigenvalue weighted by molar-refractivity contribution is -0.134. The summed E-state index contributed by atoms with van der Waals surface area (Å²) in [4.78, 5) is 61.4. The van der Waals surface area contributed by atoms with Crippen LogP contribution in [0.4, 0.5) is 11.4 Å². The molecule has 0 aromatic heterocycles. The van der Waals surface area contributed by atoms with Crippen LogP contribution in [-0.2, 0) is 14.4 Å². The van der Waals surface area contributed by atoms with Gasteiger partial charge in [0.2, 0.25) is 17.3 Å². The van der Waals surface area contributed by atoms with Crippen LogP contribution in [0.1, 0.15) is 38.3 Å². The Labute approximate surface area is 195 Å². The molecular formula is C27H20N2O5. The molecule has 1 amide bonds. The van der Waals surface area contributed by atoms with E-state index in [-0.39, 0.29) is 5.56 Å². The highest BCUT2D eigenvalue weighted by atomic mass is 16.2. The highest BCUT2D eigenvalue weighted by Crippen LogP contribution is 2.27. The van der Waals surface area contributed by atoms with Gasteiger partial charge >= 0.3 is 0 Å². The van der Waals surface area contributed by atoms with Gasteiger partial charge in [-0.05, 0) is 30.7 Å². The van der Waals surface area contributed by atoms with E-state index in [2.05, 4.69) is 10.6 Å². The number of allylic oxidation sites excluding steroid dienone is 1. The first-order valence-corrected chi connectivity index (χ1v) is 10.5. The number of ketones is 4. The number of hydrogen-bond acceptors (Lipinski definition) is 6. The Morgan fingerprint density at radius 2 is 1.53 bits per heavy atom. The topological polar surface area (TPSA) is 109 Å². The van der Waals surface area contributed by atoms with E-state index in [4.69, 9.17) is 0 Å². The molecule has 0 heterocycles. The van der Waals surface area contributed by atoms with Crippen LogP contribution in [0.3, 0.4) is 0 Å². The van der Waals surface area contributed by atoms with Gasteiger partial charge in [0.15, 0.2) is 5.78 Å². The first-order valence-electron chi connectivity index (χ1n) is 10.5. The predicted octanol–water partition coefficient (Wildman–Crippen LogP) is 3.99. The molecule has 4 rings (SSSR count). The van der Waals surface area contributed by atoms with Crippen molar-refractivity contribution in [3.05, 3.63) is 101 Å². The average molecular weight is 452 g/mol. The first kappa shape index (κ1) is 22.5. The number of carbonyl (C=O) groups is 5. The second-order valence-corrected chi connectivity index (χ2v) is 7.79. The van der Waals surface area contributed by atoms with Crippen LogP contribution in [0.2, 0.25) is 0 Å². The molecule has 34 heavy (non-hydrogen) atoms. The zero-order chi connectivity index (χ0) is 24.2. The fourth-order valence-corrected chi connectivity index (χ4v) is 3.59. The van der Waals surface area contributed by atoms with Gasteiger partial charge < -0.3 is 10.6 Å². The molecule has 0 aliphatic heterocycles. The van der Waals surface area contributed by atoms with Crippen molar-refractivity contribution in [3.63, 3.8) is 0 Å². The van der Waals surface area contributed by atoms with Crippen molar-refractivity contribution in [1.82, 2.24) is 0 Å². The summed E-state index contributed by atoms with van der Waals surface area (Å²) in [5, 5.41) is 5.60. The third kappa shape index (κ3) is 4.73. The van der Waals surface area contributed by atoms with E-state index in [1.165, 1.54) is 18.2 Å². The van der Waals surface area contributed by atoms with Gasteiger partial charge in [0, 0.05) is 34.1 Å². The van der Waals surface area contributed by atoms with Gasteiger partial charge in [-0.1, -0.05) is 54.6 Å². The van der Waals surface area contributed by atoms with Crippen LogP contribution in [0, 0.1) is 6.92 Å². The lowest BCUT2D eigenvalue weighted by Gasteiger charge is -2.18. The number of Topliss-reactive ketones (excluding diaryl/α,β-unsaturated/α-hetero) is 3. The zero-order valence-corrected chi connectivity index (χ0v) is 18.3. The summed E-state index contributed by atoms with van der Waals surface area (Å²) in [6, 6.07) is 20.1. The molecule has 168 valence electrons. The zero-order valence-electron chi connectivity index (χ0n) is 18.3. The van der Waals surface area contributed by atoms with E-state index in [9.17, 15) is 24.0 Å². The number of anilines is 2. The average Bonchev–Trinajstić information content (AvgIpc) is 2.84. The molecule has 0 saturated carbocycles. The van der Waals surface area contributed by atoms with Crippen molar-refractivity contribution >= 4 is 46.1 Å². The van der Waals surface area contributed by atoms with E-state index in [1.807, 2.05) is 6.07 Å². The minimum atomic E-state index is -0.857. The van der Waals surface area contributed by atoms with Gasteiger partial charge in [-0.15, -0.1) is 0 Å². The highest BCUT2D eigenvalue weighted by molar-refractivity contribution is 6.50. The summed E-state index contributed by atoms with van der Waals surface area (Å²) >= 11 is 0. The van der Waals surface area contributed by atoms with Crippen molar-refractivity contribution in [1.29, 1.82) is 0 Å². The Morgan fingerprint density at radius 1 is 0.824 bits per heavy atom. The number of carbonyl (C=O) groups excluding carboxylic acids is 5. The Hall–Kier alpha value is -4.65. The molecule has 0 unspecified atom stereocenters. The van der Waals surface area contributed by atoms with Crippen LogP contribution in [-0.4, -0.2) is 29.0 Å². The van der Waals surface area contributed by atoms with E-state index >= 15 is 0 Å². The Balaban J connectivity index is 1.47. The summed E-state index contributed by atoms with van der Waals surface area (Å²) in [6.45, 7) is 1.80. The lowest BCUT2D eigenvalue weighted by atomic mass is 9.92. The SMILES string of the molecule is Cc1ccccc1NC(=O)C(=O)CC(=O)c1cccc(NC2=CC(=O)C(=O)c3ccccc32)c1. The number of amides is 1. The lowest BCUT2D eigenvalue weighted by Crippen LogP contribution is -2.25. The van der Waals surface area contributed by atoms with Gasteiger partial charge in [0.1, 0.15) is 0 Å². The van der Waals surface area contributed by atoms with E-state index in [0.717, 1.165) is 5.56 Å². The number of hydrogen-bond donors (Lipinski definition) is 2. The highest BCUT2D eigenvalue weighted by Gasteiger charge is 2.25. The van der Waals surface area contributed by atoms with Crippen molar-refractivity contribution in [2.24, 2.45) is 0 Å². The molecule has 3 aromatic rings. The molecule has 7 nitrogen and oxygen atoms in total. The van der Waals surface area contributed by atoms with Crippen LogP contribution in [0.25, 0.3) is 5.70 Å². The molecule has 0 bridgehead atoms. The van der Waals surface area contributed by atoms with Gasteiger partial charge in [-0.2, -0.15) is 0 Å². The van der Waals surface area contributed by atoms with Crippen molar-refractivity contribution in [2.75, 3.05) is 10.6 Å². The maximum absolute atomic E-state index is 12.7. The van der Waals surface area contributed by atoms with Crippen molar-refractivity contribution in [3.8, 4) is 0 Å². The smallest absolute Gasteiger partial charge is 0.292 e. The molecular weight excluding hydrogens is 432 g/mol. The molecule has 1 aliphatic rings. The van der Waals surface area contributed by atoms with Crippen LogP contribution >= 0.6 is 0 Å². The van der Waals surface area contributed by atoms with Gasteiger partial charge in [0.05, 0.1) is 12.1 Å². The Kier molecular flexibility index (Phi) is 6.27. The van der Waals surface area contributed by atoms with E-state index in [1.54, 1.807) is 61.5 Å². The Morgan fingerprint density at radius 3 is 2.29 bits per heavy atom. The maximum Gasteiger partial charge on any atom is 0.292 e. The van der Waals surface area contributed by atoms with E-state index in [0.29, 0.717) is 28.2 Å². The largest absolute Gasteiger partial charge is 0.355 e. The first-order chi connectivity index (χ1) is 16.3. The molecule has 0 spiro atoms. The molecule has 3 aromatic carbocycles. The Bertz CT molecular complexity index is 1390. The van der Waals surface area contributed by atoms with Gasteiger partial charge in [-0.3, -0.25) is 24.0 Å². The second kappa shape index (κ2) is 9.46. The molecule has 7 heteroatoms. The number of aryl methyl sites for hydroxylation is 1. The minimum Gasteiger partial charge on any atom is -0.355 e. The summed E-state index contributed by atoms with van der Waals surface area (Å²) in [7, 11) is 0. The van der Waals surface area contributed by atoms with Gasteiger partial charge in [-0.25, -0.2) is 0 Å². The molecule has 0 atom stereocenters. The summed E-state index contributed by atoms with van der Waals surface area (Å²) < 4.78 is 0. The standard InChI is InChI=1S/C27H20N2O5/c1-16-7-2-5-12-21(16)29-27(34)25(32)15-23(30)17-8-6-9-18(13-17)28-22-14-24(31)26(33)20-11-4-3-10-19(20)22/h2-14,28H,15H2,1H3,(H,29,34).